The zero-order valence-electron chi connectivity index (χ0n) is 16.6. The normalized spacial score (nSPS) is 11.2. The highest BCUT2D eigenvalue weighted by atomic mass is 16.5. The van der Waals surface area contributed by atoms with Crippen molar-refractivity contribution in [1.29, 1.82) is 0 Å². The van der Waals surface area contributed by atoms with Gasteiger partial charge in [-0.15, -0.1) is 0 Å². The number of fused-ring (bicyclic) bond motifs is 1. The summed E-state index contributed by atoms with van der Waals surface area (Å²) in [4.78, 5) is 48.4. The summed E-state index contributed by atoms with van der Waals surface area (Å²) in [6.07, 6.45) is 0. The average Bonchev–Trinajstić information content (AvgIpc) is 2.61. The number of esters is 1. The number of hydrogen-bond donors (Lipinski definition) is 3. The van der Waals surface area contributed by atoms with Crippen LogP contribution in [0.1, 0.15) is 20.8 Å². The molecule has 0 aliphatic rings. The first kappa shape index (κ1) is 21.1. The molecule has 0 saturated heterocycles. The first-order chi connectivity index (χ1) is 13.0. The van der Waals surface area contributed by atoms with Crippen LogP contribution < -0.4 is 16.4 Å². The minimum Gasteiger partial charge on any atom is -0.412 e. The van der Waals surface area contributed by atoms with E-state index in [0.717, 1.165) is 5.57 Å². The number of likely N-dealkylation sites (N-methyl/N-ethyl adjacent to an activating group) is 1. The molecule has 2 rings (SSSR count). The van der Waals surface area contributed by atoms with Crippen molar-refractivity contribution >= 4 is 28.3 Å². The van der Waals surface area contributed by atoms with Gasteiger partial charge in [-0.3, -0.25) is 29.1 Å². The Kier molecular flexibility index (Phi) is 6.19. The zero-order valence-corrected chi connectivity index (χ0v) is 16.6. The molecule has 1 amide bonds. The fourth-order valence-corrected chi connectivity index (χ4v) is 2.50. The Bertz CT molecular complexity index is 1060. The smallest absolute Gasteiger partial charge is 0.337 e. The van der Waals surface area contributed by atoms with E-state index in [-0.39, 0.29) is 40.1 Å². The van der Waals surface area contributed by atoms with Crippen molar-refractivity contribution in [3.8, 4) is 0 Å². The quantitative estimate of drug-likeness (QED) is 0.296. The van der Waals surface area contributed by atoms with E-state index in [1.165, 1.54) is 6.07 Å². The molecule has 3 N–H and O–H groups in total. The van der Waals surface area contributed by atoms with Crippen molar-refractivity contribution in [2.45, 2.75) is 20.8 Å². The van der Waals surface area contributed by atoms with Crippen LogP contribution in [0.2, 0.25) is 0 Å². The Hall–Kier alpha value is -3.20. The third-order valence-electron chi connectivity index (χ3n) is 4.27. The van der Waals surface area contributed by atoms with Crippen LogP contribution in [0.15, 0.2) is 38.9 Å². The van der Waals surface area contributed by atoms with E-state index in [2.05, 4.69) is 15.5 Å². The Morgan fingerprint density at radius 3 is 2.36 bits per heavy atom. The fraction of sp³-hybridized carbons (Fsp3) is 0.368. The molecule has 9 nitrogen and oxygen atoms in total. The van der Waals surface area contributed by atoms with Crippen molar-refractivity contribution in [2.75, 3.05) is 32.7 Å². The molecule has 9 heteroatoms. The Morgan fingerprint density at radius 1 is 1.07 bits per heavy atom. The van der Waals surface area contributed by atoms with Crippen LogP contribution >= 0.6 is 0 Å². The molecule has 1 heterocycles. The molecule has 0 aliphatic heterocycles. The van der Waals surface area contributed by atoms with Gasteiger partial charge in [0, 0.05) is 5.57 Å². The van der Waals surface area contributed by atoms with E-state index in [0.29, 0.717) is 5.57 Å². The maximum absolute atomic E-state index is 12.5. The highest BCUT2D eigenvalue weighted by Gasteiger charge is 2.23. The van der Waals surface area contributed by atoms with E-state index >= 15 is 0 Å². The molecule has 0 radical (unpaired) electrons. The van der Waals surface area contributed by atoms with Gasteiger partial charge < -0.3 is 10.1 Å². The van der Waals surface area contributed by atoms with Gasteiger partial charge in [-0.1, -0.05) is 11.6 Å². The van der Waals surface area contributed by atoms with Gasteiger partial charge in [0.2, 0.25) is 6.73 Å². The van der Waals surface area contributed by atoms with Gasteiger partial charge in [0.05, 0.1) is 30.6 Å². The van der Waals surface area contributed by atoms with Crippen LogP contribution in [0, 0.1) is 0 Å². The average molecular weight is 389 g/mol. The van der Waals surface area contributed by atoms with Crippen LogP contribution in [0.25, 0.3) is 10.8 Å². The van der Waals surface area contributed by atoms with Crippen LogP contribution in [0.3, 0.4) is 0 Å². The lowest BCUT2D eigenvalue weighted by molar-refractivity contribution is -0.899. The minimum absolute atomic E-state index is 0.00136. The van der Waals surface area contributed by atoms with Crippen molar-refractivity contribution in [3.63, 3.8) is 0 Å². The second kappa shape index (κ2) is 8.22. The number of rotatable bonds is 6. The van der Waals surface area contributed by atoms with E-state index in [1.54, 1.807) is 33.2 Å². The molecule has 2 aromatic rings. The maximum atomic E-state index is 12.5. The monoisotopic (exact) mass is 389 g/mol. The number of allylic oxidation sites excluding steroid dienone is 1. The lowest BCUT2D eigenvalue weighted by atomic mass is 10.1. The lowest BCUT2D eigenvalue weighted by Gasteiger charge is -2.28. The summed E-state index contributed by atoms with van der Waals surface area (Å²) in [6.45, 7) is 5.33. The molecular formula is C19H25N4O5+. The molecule has 0 saturated carbocycles. The van der Waals surface area contributed by atoms with Crippen LogP contribution in [-0.4, -0.2) is 53.9 Å². The van der Waals surface area contributed by atoms with Gasteiger partial charge >= 0.3 is 5.97 Å². The number of H-pyrrole nitrogens is 2. The van der Waals surface area contributed by atoms with Gasteiger partial charge in [-0.25, -0.2) is 4.79 Å². The molecule has 0 atom stereocenters. The Balaban J connectivity index is 2.12. The van der Waals surface area contributed by atoms with Crippen molar-refractivity contribution in [3.05, 3.63) is 50.1 Å². The first-order valence-corrected chi connectivity index (χ1v) is 8.68. The molecule has 28 heavy (non-hydrogen) atoms. The predicted octanol–water partition coefficient (Wildman–Crippen LogP) is 1.09. The molecule has 0 aliphatic carbocycles. The highest BCUT2D eigenvalue weighted by Crippen LogP contribution is 2.17. The van der Waals surface area contributed by atoms with E-state index < -0.39 is 17.1 Å². The van der Waals surface area contributed by atoms with Gasteiger partial charge in [-0.05, 0) is 32.9 Å². The number of carbonyl (C=O) groups excluding carboxylic acids is 2. The summed E-state index contributed by atoms with van der Waals surface area (Å²) < 4.78 is 5.37. The van der Waals surface area contributed by atoms with Gasteiger partial charge in [-0.2, -0.15) is 0 Å². The second-order valence-corrected chi connectivity index (χ2v) is 7.46. The summed E-state index contributed by atoms with van der Waals surface area (Å²) in [6, 6.07) is 4.63. The van der Waals surface area contributed by atoms with E-state index in [9.17, 15) is 19.2 Å². The lowest BCUT2D eigenvalue weighted by Crippen LogP contribution is -2.47. The van der Waals surface area contributed by atoms with Gasteiger partial charge in [0.1, 0.15) is 0 Å². The molecule has 0 unspecified atom stereocenters. The van der Waals surface area contributed by atoms with E-state index in [4.69, 9.17) is 4.74 Å². The molecule has 150 valence electrons. The van der Waals surface area contributed by atoms with Gasteiger partial charge in [0.25, 0.3) is 17.0 Å². The maximum Gasteiger partial charge on any atom is 0.337 e. The summed E-state index contributed by atoms with van der Waals surface area (Å²) in [5, 5.41) is 7.44. The van der Waals surface area contributed by atoms with Crippen LogP contribution in [0.5, 0.6) is 0 Å². The van der Waals surface area contributed by atoms with Gasteiger partial charge in [0.15, 0.2) is 6.54 Å². The van der Waals surface area contributed by atoms with Crippen molar-refractivity contribution < 1.29 is 18.8 Å². The number of aromatic amines is 2. The summed E-state index contributed by atoms with van der Waals surface area (Å²) in [7, 11) is 3.48. The number of hydrogen-bond acceptors (Lipinski definition) is 5. The number of amides is 1. The van der Waals surface area contributed by atoms with E-state index in [1.807, 2.05) is 13.8 Å². The molecule has 1 aromatic carbocycles. The molecule has 1 aromatic heterocycles. The third kappa shape index (κ3) is 4.95. The number of carbonyl (C=O) groups is 2. The minimum atomic E-state index is -0.509. The van der Waals surface area contributed by atoms with Crippen LogP contribution in [0.4, 0.5) is 5.69 Å². The largest absolute Gasteiger partial charge is 0.412 e. The number of anilines is 1. The SMILES string of the molecule is CC(C)=C(C)C(=O)OC[N+](C)(C)CC(=O)Nc1cccc2c(=O)[nH][nH]c(=O)c12. The first-order valence-electron chi connectivity index (χ1n) is 8.68. The molecule has 0 bridgehead atoms. The fourth-order valence-electron chi connectivity index (χ4n) is 2.50. The summed E-state index contributed by atoms with van der Waals surface area (Å²) >= 11 is 0. The second-order valence-electron chi connectivity index (χ2n) is 7.46. The molecule has 0 spiro atoms. The van der Waals surface area contributed by atoms with Crippen LogP contribution in [-0.2, 0) is 14.3 Å². The predicted molar refractivity (Wildman–Crippen MR) is 106 cm³/mol. The van der Waals surface area contributed by atoms with Crippen molar-refractivity contribution in [2.24, 2.45) is 0 Å². The number of ether oxygens (including phenoxy) is 1. The topological polar surface area (TPSA) is 121 Å². The molecular weight excluding hydrogens is 364 g/mol. The summed E-state index contributed by atoms with van der Waals surface area (Å²) in [5.74, 6) is -0.807. The summed E-state index contributed by atoms with van der Waals surface area (Å²) in [5.41, 5.74) is 0.676. The third-order valence-corrected chi connectivity index (χ3v) is 4.27. The number of benzene rings is 1. The standard InChI is InChI=1S/C19H24N4O5/c1-11(2)12(3)19(27)28-10-23(4,5)9-15(24)20-14-8-6-7-13-16(14)18(26)22-21-17(13)25/h6-8H,9-10H2,1-5H3,(H2-,20,21,22,24,25,26)/p+1. The highest BCUT2D eigenvalue weighted by molar-refractivity contribution is 6.01. The van der Waals surface area contributed by atoms with Crippen molar-refractivity contribution in [1.82, 2.24) is 10.2 Å². The Labute approximate surface area is 161 Å². The number of quaternary nitrogens is 1. The molecule has 0 fully saturated rings. The number of nitrogens with zero attached hydrogens (tertiary/aromatic N) is 1. The Morgan fingerprint density at radius 2 is 1.71 bits per heavy atom. The number of nitrogens with one attached hydrogen (secondary N) is 3. The number of aromatic nitrogens is 2. The zero-order chi connectivity index (χ0) is 21.1.